The Morgan fingerprint density at radius 3 is 2.87 bits per heavy atom. The molecule has 0 aliphatic heterocycles. The van der Waals surface area contributed by atoms with Gasteiger partial charge in [-0.05, 0) is 18.2 Å². The molecule has 0 heterocycles. The minimum absolute atomic E-state index is 0.00949. The summed E-state index contributed by atoms with van der Waals surface area (Å²) in [7, 11) is 0. The Balaban J connectivity index is 2.76. The van der Waals surface area contributed by atoms with Crippen molar-refractivity contribution in [1.82, 2.24) is 0 Å². The van der Waals surface area contributed by atoms with E-state index in [0.29, 0.717) is 6.42 Å². The summed E-state index contributed by atoms with van der Waals surface area (Å²) < 4.78 is 18.2. The predicted molar refractivity (Wildman–Crippen MR) is 52.3 cm³/mol. The van der Waals surface area contributed by atoms with Crippen LogP contribution in [0.2, 0.25) is 0 Å². The van der Waals surface area contributed by atoms with Crippen molar-refractivity contribution in [3.05, 3.63) is 29.6 Å². The molecule has 1 N–H and O–H groups in total. The second kappa shape index (κ2) is 5.01. The number of carboxylic acids is 1. The topological polar surface area (TPSA) is 46.5 Å². The van der Waals surface area contributed by atoms with E-state index in [4.69, 9.17) is 16.3 Å². The average Bonchev–Trinajstić information content (AvgIpc) is 2.20. The second-order valence-electron chi connectivity index (χ2n) is 2.75. The molecular formula is C11H9FO3. The highest BCUT2D eigenvalue weighted by Gasteiger charge is 2.08. The maximum absolute atomic E-state index is 13.2. The zero-order valence-electron chi connectivity index (χ0n) is 7.87. The molecule has 4 heteroatoms. The summed E-state index contributed by atoms with van der Waals surface area (Å²) in [5.74, 6) is 0.476. The molecule has 0 aromatic heterocycles. The van der Waals surface area contributed by atoms with Crippen molar-refractivity contribution in [1.29, 1.82) is 0 Å². The number of terminal acetylenes is 1. The number of carboxylic acid groups (broad SMARTS) is 1. The lowest BCUT2D eigenvalue weighted by atomic mass is 10.2. The van der Waals surface area contributed by atoms with Gasteiger partial charge in [0.1, 0.15) is 0 Å². The van der Waals surface area contributed by atoms with E-state index in [9.17, 15) is 9.18 Å². The van der Waals surface area contributed by atoms with Crippen LogP contribution in [-0.4, -0.2) is 17.7 Å². The Kier molecular flexibility index (Phi) is 3.69. The molecule has 0 amide bonds. The summed E-state index contributed by atoms with van der Waals surface area (Å²) in [5.41, 5.74) is -0.114. The largest absolute Gasteiger partial charge is 0.490 e. The Morgan fingerprint density at radius 1 is 1.60 bits per heavy atom. The lowest BCUT2D eigenvalue weighted by Crippen LogP contribution is -2.01. The van der Waals surface area contributed by atoms with Crippen molar-refractivity contribution < 1.29 is 19.0 Å². The fraction of sp³-hybridized carbons (Fsp3) is 0.182. The average molecular weight is 208 g/mol. The van der Waals surface area contributed by atoms with Gasteiger partial charge in [0.25, 0.3) is 0 Å². The van der Waals surface area contributed by atoms with Gasteiger partial charge in [0.2, 0.25) is 0 Å². The Bertz CT molecular complexity index is 407. The van der Waals surface area contributed by atoms with Gasteiger partial charge in [-0.1, -0.05) is 0 Å². The lowest BCUT2D eigenvalue weighted by molar-refractivity contribution is 0.0696. The SMILES string of the molecule is C#CCCOc1ccc(C(=O)O)cc1F. The molecule has 0 aliphatic carbocycles. The van der Waals surface area contributed by atoms with Crippen molar-refractivity contribution >= 4 is 5.97 Å². The fourth-order valence-electron chi connectivity index (χ4n) is 0.971. The normalized spacial score (nSPS) is 9.33. The monoisotopic (exact) mass is 208 g/mol. The highest BCUT2D eigenvalue weighted by molar-refractivity contribution is 5.87. The van der Waals surface area contributed by atoms with Crippen LogP contribution in [0.5, 0.6) is 5.75 Å². The third-order valence-electron chi connectivity index (χ3n) is 1.68. The molecule has 0 radical (unpaired) electrons. The molecule has 15 heavy (non-hydrogen) atoms. The Hall–Kier alpha value is -2.02. The number of aromatic carboxylic acids is 1. The third kappa shape index (κ3) is 2.99. The maximum Gasteiger partial charge on any atom is 0.335 e. The number of halogens is 1. The third-order valence-corrected chi connectivity index (χ3v) is 1.68. The second-order valence-corrected chi connectivity index (χ2v) is 2.75. The molecule has 0 fully saturated rings. The van der Waals surface area contributed by atoms with Crippen molar-refractivity contribution in [2.75, 3.05) is 6.61 Å². The van der Waals surface area contributed by atoms with Gasteiger partial charge in [-0.15, -0.1) is 12.3 Å². The molecule has 3 nitrogen and oxygen atoms in total. The van der Waals surface area contributed by atoms with E-state index in [1.807, 2.05) is 0 Å². The number of rotatable bonds is 4. The van der Waals surface area contributed by atoms with Crippen molar-refractivity contribution in [2.24, 2.45) is 0 Å². The minimum Gasteiger partial charge on any atom is -0.490 e. The van der Waals surface area contributed by atoms with E-state index < -0.39 is 11.8 Å². The van der Waals surface area contributed by atoms with Gasteiger partial charge in [0.15, 0.2) is 11.6 Å². The van der Waals surface area contributed by atoms with Gasteiger partial charge in [0, 0.05) is 6.42 Å². The highest BCUT2D eigenvalue weighted by atomic mass is 19.1. The predicted octanol–water partition coefficient (Wildman–Crippen LogP) is 1.93. The van der Waals surface area contributed by atoms with Gasteiger partial charge < -0.3 is 9.84 Å². The molecule has 1 aromatic carbocycles. The fourth-order valence-corrected chi connectivity index (χ4v) is 0.971. The van der Waals surface area contributed by atoms with Gasteiger partial charge in [0.05, 0.1) is 12.2 Å². The van der Waals surface area contributed by atoms with E-state index in [1.165, 1.54) is 12.1 Å². The summed E-state index contributed by atoms with van der Waals surface area (Å²) in [4.78, 5) is 10.5. The molecule has 1 rings (SSSR count). The van der Waals surface area contributed by atoms with E-state index in [2.05, 4.69) is 5.92 Å². The first-order chi connectivity index (χ1) is 7.15. The summed E-state index contributed by atoms with van der Waals surface area (Å²) in [6.45, 7) is 0.208. The Labute approximate surface area is 86.5 Å². The first-order valence-corrected chi connectivity index (χ1v) is 4.24. The zero-order chi connectivity index (χ0) is 11.3. The molecule has 0 spiro atoms. The molecule has 0 saturated carbocycles. The molecule has 0 atom stereocenters. The summed E-state index contributed by atoms with van der Waals surface area (Å²) >= 11 is 0. The standard InChI is InChI=1S/C11H9FO3/c1-2-3-6-15-10-5-4-8(11(13)14)7-9(10)12/h1,4-5,7H,3,6H2,(H,13,14). The number of ether oxygens (including phenoxy) is 1. The number of hydrogen-bond donors (Lipinski definition) is 1. The highest BCUT2D eigenvalue weighted by Crippen LogP contribution is 2.18. The Morgan fingerprint density at radius 2 is 2.33 bits per heavy atom. The van der Waals surface area contributed by atoms with Crippen LogP contribution in [0.25, 0.3) is 0 Å². The van der Waals surface area contributed by atoms with Gasteiger partial charge >= 0.3 is 5.97 Å². The summed E-state index contributed by atoms with van der Waals surface area (Å²) in [6.07, 6.45) is 5.37. The minimum atomic E-state index is -1.18. The van der Waals surface area contributed by atoms with Crippen LogP contribution in [0.4, 0.5) is 4.39 Å². The van der Waals surface area contributed by atoms with Gasteiger partial charge in [-0.25, -0.2) is 9.18 Å². The van der Waals surface area contributed by atoms with E-state index >= 15 is 0 Å². The summed E-state index contributed by atoms with van der Waals surface area (Å²) in [6, 6.07) is 3.46. The van der Waals surface area contributed by atoms with Crippen LogP contribution in [-0.2, 0) is 0 Å². The van der Waals surface area contributed by atoms with Crippen LogP contribution in [0.3, 0.4) is 0 Å². The van der Waals surface area contributed by atoms with E-state index in [1.54, 1.807) is 0 Å². The van der Waals surface area contributed by atoms with Gasteiger partial charge in [-0.3, -0.25) is 0 Å². The molecule has 1 aromatic rings. The van der Waals surface area contributed by atoms with E-state index in [-0.39, 0.29) is 17.9 Å². The number of benzene rings is 1. The number of carbonyl (C=O) groups is 1. The maximum atomic E-state index is 13.2. The van der Waals surface area contributed by atoms with Crippen molar-refractivity contribution in [2.45, 2.75) is 6.42 Å². The molecule has 0 aliphatic rings. The first-order valence-electron chi connectivity index (χ1n) is 4.24. The van der Waals surface area contributed by atoms with Crippen LogP contribution in [0.1, 0.15) is 16.8 Å². The van der Waals surface area contributed by atoms with Crippen molar-refractivity contribution in [3.63, 3.8) is 0 Å². The molecule has 0 unspecified atom stereocenters. The molecular weight excluding hydrogens is 199 g/mol. The lowest BCUT2D eigenvalue weighted by Gasteiger charge is -2.05. The number of hydrogen-bond acceptors (Lipinski definition) is 2. The van der Waals surface area contributed by atoms with Crippen molar-refractivity contribution in [3.8, 4) is 18.1 Å². The molecule has 78 valence electrons. The quantitative estimate of drug-likeness (QED) is 0.607. The van der Waals surface area contributed by atoms with Gasteiger partial charge in [-0.2, -0.15) is 0 Å². The smallest absolute Gasteiger partial charge is 0.335 e. The first kappa shape index (κ1) is 11.1. The summed E-state index contributed by atoms with van der Waals surface area (Å²) in [5, 5.41) is 8.58. The van der Waals surface area contributed by atoms with Crippen LogP contribution < -0.4 is 4.74 Å². The van der Waals surface area contributed by atoms with Crippen LogP contribution in [0.15, 0.2) is 18.2 Å². The van der Waals surface area contributed by atoms with E-state index in [0.717, 1.165) is 6.07 Å². The molecule has 0 bridgehead atoms. The molecule has 0 saturated heterocycles. The zero-order valence-corrected chi connectivity index (χ0v) is 7.87. The van der Waals surface area contributed by atoms with Crippen LogP contribution >= 0.6 is 0 Å². The van der Waals surface area contributed by atoms with Crippen LogP contribution in [0, 0.1) is 18.2 Å².